The van der Waals surface area contributed by atoms with E-state index in [1.165, 1.54) is 0 Å². The highest BCUT2D eigenvalue weighted by Crippen LogP contribution is 2.28. The molecule has 1 saturated heterocycles. The first kappa shape index (κ1) is 9.81. The summed E-state index contributed by atoms with van der Waals surface area (Å²) in [6.07, 6.45) is 0.167. The van der Waals surface area contributed by atoms with E-state index < -0.39 is 0 Å². The molecule has 1 amide bonds. The number of carbonyl (C=O) groups excluding carboxylic acids is 1. The number of aliphatic hydroxyl groups is 1. The molecule has 0 spiro atoms. The van der Waals surface area contributed by atoms with Crippen molar-refractivity contribution in [2.75, 3.05) is 11.9 Å². The first-order valence-corrected chi connectivity index (χ1v) is 5.55. The fourth-order valence-corrected chi connectivity index (χ4v) is 2.54. The minimum atomic E-state index is -0.374. The van der Waals surface area contributed by atoms with Gasteiger partial charge in [-0.3, -0.25) is 9.69 Å². The van der Waals surface area contributed by atoms with Gasteiger partial charge in [0, 0.05) is 18.8 Å². The molecule has 3 rings (SSSR count). The Morgan fingerprint density at radius 2 is 2.19 bits per heavy atom. The zero-order valence-electron chi connectivity index (χ0n) is 8.89. The predicted octanol–water partition coefficient (Wildman–Crippen LogP) is 0.574. The van der Waals surface area contributed by atoms with Crippen LogP contribution in [-0.2, 0) is 11.3 Å². The van der Waals surface area contributed by atoms with Crippen molar-refractivity contribution < 1.29 is 9.90 Å². The molecule has 0 aromatic heterocycles. The molecule has 0 unspecified atom stereocenters. The van der Waals surface area contributed by atoms with Crippen molar-refractivity contribution >= 4 is 11.6 Å². The molecule has 1 fully saturated rings. The Morgan fingerprint density at radius 3 is 3.06 bits per heavy atom. The molecule has 0 bridgehead atoms. The number of para-hydroxylation sites is 1. The van der Waals surface area contributed by atoms with Crippen molar-refractivity contribution in [1.82, 2.24) is 4.90 Å². The van der Waals surface area contributed by atoms with Crippen molar-refractivity contribution in [3.8, 4) is 0 Å². The summed E-state index contributed by atoms with van der Waals surface area (Å²) in [6, 6.07) is 7.65. The van der Waals surface area contributed by atoms with Gasteiger partial charge in [0.1, 0.15) is 0 Å². The largest absolute Gasteiger partial charge is 0.392 e. The molecule has 2 atom stereocenters. The van der Waals surface area contributed by atoms with Crippen LogP contribution in [0.5, 0.6) is 0 Å². The summed E-state index contributed by atoms with van der Waals surface area (Å²) in [4.78, 5) is 14.0. The van der Waals surface area contributed by atoms with Gasteiger partial charge in [0.05, 0.1) is 12.1 Å². The molecule has 2 heterocycles. The Hall–Kier alpha value is -1.39. The van der Waals surface area contributed by atoms with E-state index in [9.17, 15) is 9.90 Å². The molecular formula is C12H14N2O2. The average molecular weight is 218 g/mol. The van der Waals surface area contributed by atoms with Gasteiger partial charge in [-0.15, -0.1) is 0 Å². The maximum absolute atomic E-state index is 11.9. The number of nitrogens with one attached hydrogen (secondary N) is 1. The smallest absolute Gasteiger partial charge is 0.241 e. The van der Waals surface area contributed by atoms with Crippen LogP contribution in [0.1, 0.15) is 12.0 Å². The van der Waals surface area contributed by atoms with Crippen LogP contribution in [0.2, 0.25) is 0 Å². The van der Waals surface area contributed by atoms with E-state index in [0.29, 0.717) is 13.0 Å². The number of hydrogen-bond acceptors (Lipinski definition) is 3. The van der Waals surface area contributed by atoms with Crippen LogP contribution in [0.25, 0.3) is 0 Å². The second-order valence-corrected chi connectivity index (χ2v) is 4.48. The van der Waals surface area contributed by atoms with E-state index in [2.05, 4.69) is 5.32 Å². The summed E-state index contributed by atoms with van der Waals surface area (Å²) >= 11 is 0. The molecule has 2 aliphatic heterocycles. The van der Waals surface area contributed by atoms with Crippen molar-refractivity contribution in [1.29, 1.82) is 0 Å². The van der Waals surface area contributed by atoms with Crippen molar-refractivity contribution in [2.45, 2.75) is 25.1 Å². The Labute approximate surface area is 93.9 Å². The summed E-state index contributed by atoms with van der Waals surface area (Å²) in [5.74, 6) is 0.00139. The van der Waals surface area contributed by atoms with Crippen LogP contribution in [-0.4, -0.2) is 34.6 Å². The molecule has 0 aliphatic carbocycles. The molecule has 2 N–H and O–H groups in total. The number of benzene rings is 1. The maximum atomic E-state index is 11.9. The highest BCUT2D eigenvalue weighted by atomic mass is 16.3. The zero-order chi connectivity index (χ0) is 11.1. The number of rotatable bonds is 0. The van der Waals surface area contributed by atoms with Crippen LogP contribution >= 0.6 is 0 Å². The molecule has 0 saturated carbocycles. The number of fused-ring (bicyclic) bond motifs is 2. The van der Waals surface area contributed by atoms with E-state index in [-0.39, 0.29) is 18.1 Å². The topological polar surface area (TPSA) is 52.6 Å². The number of nitrogens with zero attached hydrogens (tertiary/aromatic N) is 1. The standard InChI is InChI=1S/C12H14N2O2/c15-9-5-11-12(16)13-10-4-2-1-3-8(10)6-14(11)7-9/h1-4,9,11,15H,5-7H2,(H,13,16)/t9-,11-/m0/s1. The SMILES string of the molecule is O=C1Nc2ccccc2CN2C[C@@H](O)C[C@@H]12. The lowest BCUT2D eigenvalue weighted by atomic mass is 10.1. The van der Waals surface area contributed by atoms with E-state index in [1.807, 2.05) is 29.2 Å². The lowest BCUT2D eigenvalue weighted by molar-refractivity contribution is -0.120. The summed E-state index contributed by atoms with van der Waals surface area (Å²) < 4.78 is 0. The van der Waals surface area contributed by atoms with Gasteiger partial charge in [0.15, 0.2) is 0 Å². The molecular weight excluding hydrogens is 204 g/mol. The van der Waals surface area contributed by atoms with Gasteiger partial charge in [-0.1, -0.05) is 18.2 Å². The van der Waals surface area contributed by atoms with E-state index in [4.69, 9.17) is 0 Å². The lowest BCUT2D eigenvalue weighted by Crippen LogP contribution is -2.36. The Bertz CT molecular complexity index is 433. The van der Waals surface area contributed by atoms with Crippen LogP contribution < -0.4 is 5.32 Å². The van der Waals surface area contributed by atoms with E-state index >= 15 is 0 Å². The van der Waals surface area contributed by atoms with Crippen molar-refractivity contribution in [3.05, 3.63) is 29.8 Å². The normalized spacial score (nSPS) is 29.2. The van der Waals surface area contributed by atoms with Gasteiger partial charge in [-0.25, -0.2) is 0 Å². The van der Waals surface area contributed by atoms with E-state index in [1.54, 1.807) is 0 Å². The zero-order valence-corrected chi connectivity index (χ0v) is 8.89. The van der Waals surface area contributed by atoms with Crippen LogP contribution in [0, 0.1) is 0 Å². The van der Waals surface area contributed by atoms with Crippen LogP contribution in [0.15, 0.2) is 24.3 Å². The van der Waals surface area contributed by atoms with Gasteiger partial charge >= 0.3 is 0 Å². The second kappa shape index (κ2) is 3.57. The molecule has 2 aliphatic rings. The molecule has 0 radical (unpaired) electrons. The van der Waals surface area contributed by atoms with Gasteiger partial charge in [-0.2, -0.15) is 0 Å². The second-order valence-electron chi connectivity index (χ2n) is 4.48. The monoisotopic (exact) mass is 218 g/mol. The van der Waals surface area contributed by atoms with E-state index in [0.717, 1.165) is 17.8 Å². The molecule has 16 heavy (non-hydrogen) atoms. The van der Waals surface area contributed by atoms with Gasteiger partial charge in [-0.05, 0) is 18.1 Å². The van der Waals surface area contributed by atoms with Gasteiger partial charge in [0.25, 0.3) is 0 Å². The Morgan fingerprint density at radius 1 is 1.38 bits per heavy atom. The molecule has 4 heteroatoms. The Kier molecular flexibility index (Phi) is 2.19. The summed E-state index contributed by atoms with van der Waals surface area (Å²) in [6.45, 7) is 1.32. The average Bonchev–Trinajstić information content (AvgIpc) is 2.57. The first-order chi connectivity index (χ1) is 7.74. The lowest BCUT2D eigenvalue weighted by Gasteiger charge is -2.18. The fourth-order valence-electron chi connectivity index (χ4n) is 2.54. The molecule has 1 aromatic rings. The number of aliphatic hydroxyl groups excluding tert-OH is 1. The minimum absolute atomic E-state index is 0.00139. The van der Waals surface area contributed by atoms with Gasteiger partial charge in [0.2, 0.25) is 5.91 Å². The first-order valence-electron chi connectivity index (χ1n) is 5.55. The fraction of sp³-hybridized carbons (Fsp3) is 0.417. The number of amides is 1. The number of carbonyl (C=O) groups is 1. The summed E-state index contributed by atoms with van der Waals surface area (Å²) in [5.41, 5.74) is 2.02. The molecule has 84 valence electrons. The molecule has 4 nitrogen and oxygen atoms in total. The number of anilines is 1. The highest BCUT2D eigenvalue weighted by Gasteiger charge is 2.37. The van der Waals surface area contributed by atoms with Crippen LogP contribution in [0.3, 0.4) is 0 Å². The summed E-state index contributed by atoms with van der Waals surface area (Å²) in [5, 5.41) is 12.5. The predicted molar refractivity (Wildman–Crippen MR) is 59.9 cm³/mol. The third-order valence-corrected chi connectivity index (χ3v) is 3.33. The molecule has 1 aromatic carbocycles. The highest BCUT2D eigenvalue weighted by molar-refractivity contribution is 5.96. The van der Waals surface area contributed by atoms with Crippen molar-refractivity contribution in [2.24, 2.45) is 0 Å². The van der Waals surface area contributed by atoms with Crippen molar-refractivity contribution in [3.63, 3.8) is 0 Å². The third-order valence-electron chi connectivity index (χ3n) is 3.33. The Balaban J connectivity index is 1.97. The maximum Gasteiger partial charge on any atom is 0.241 e. The quantitative estimate of drug-likeness (QED) is 0.669. The van der Waals surface area contributed by atoms with Crippen LogP contribution in [0.4, 0.5) is 5.69 Å². The summed E-state index contributed by atoms with van der Waals surface area (Å²) in [7, 11) is 0. The van der Waals surface area contributed by atoms with Gasteiger partial charge < -0.3 is 10.4 Å². The number of hydrogen-bond donors (Lipinski definition) is 2. The minimum Gasteiger partial charge on any atom is -0.392 e. The third kappa shape index (κ3) is 1.50.